The van der Waals surface area contributed by atoms with Crippen LogP contribution >= 0.6 is 10.7 Å². The average molecular weight is 152 g/mol. The minimum absolute atomic E-state index is 0.163. The van der Waals surface area contributed by atoms with Crippen molar-refractivity contribution in [2.45, 2.75) is 6.42 Å². The van der Waals surface area contributed by atoms with Crippen LogP contribution in [0.5, 0.6) is 0 Å². The highest BCUT2D eigenvalue weighted by Gasteiger charge is 2.21. The Balaban J connectivity index is 2.68. The summed E-state index contributed by atoms with van der Waals surface area (Å²) in [6.45, 7) is 0. The van der Waals surface area contributed by atoms with Gasteiger partial charge in [-0.2, -0.15) is 0 Å². The standard InChI is InChI=1S/C3H2ClNO2S/c4-8(7)3-1-2(6)5-3/h1H2. The molecule has 0 spiro atoms. The van der Waals surface area contributed by atoms with E-state index in [-0.39, 0.29) is 17.4 Å². The summed E-state index contributed by atoms with van der Waals surface area (Å²) in [6, 6.07) is 0. The van der Waals surface area contributed by atoms with E-state index in [1.807, 2.05) is 0 Å². The lowest BCUT2D eigenvalue weighted by molar-refractivity contribution is -0.117. The van der Waals surface area contributed by atoms with Crippen LogP contribution in [-0.4, -0.2) is 15.2 Å². The molecule has 0 radical (unpaired) electrons. The SMILES string of the molecule is O=C1CC(S(=O)Cl)=N1. The van der Waals surface area contributed by atoms with E-state index in [1.165, 1.54) is 0 Å². The highest BCUT2D eigenvalue weighted by Crippen LogP contribution is 2.09. The van der Waals surface area contributed by atoms with Crippen LogP contribution in [0.25, 0.3) is 0 Å². The molecule has 0 aromatic rings. The van der Waals surface area contributed by atoms with Crippen LogP contribution in [-0.2, 0) is 14.8 Å². The van der Waals surface area contributed by atoms with Crippen molar-refractivity contribution in [1.82, 2.24) is 0 Å². The summed E-state index contributed by atoms with van der Waals surface area (Å²) >= 11 is 0. The van der Waals surface area contributed by atoms with Gasteiger partial charge in [-0.15, -0.1) is 0 Å². The third-order valence-electron chi connectivity index (χ3n) is 0.737. The zero-order chi connectivity index (χ0) is 6.15. The zero-order valence-corrected chi connectivity index (χ0v) is 5.33. The van der Waals surface area contributed by atoms with Crippen molar-refractivity contribution < 1.29 is 9.00 Å². The Kier molecular flexibility index (Phi) is 1.44. The number of hydrogen-bond acceptors (Lipinski definition) is 2. The van der Waals surface area contributed by atoms with E-state index in [1.54, 1.807) is 0 Å². The highest BCUT2D eigenvalue weighted by molar-refractivity contribution is 8.20. The summed E-state index contributed by atoms with van der Waals surface area (Å²) in [5.74, 6) is -0.242. The fraction of sp³-hybridized carbons (Fsp3) is 0.333. The van der Waals surface area contributed by atoms with Gasteiger partial charge in [-0.3, -0.25) is 4.79 Å². The van der Waals surface area contributed by atoms with Crippen molar-refractivity contribution in [3.8, 4) is 0 Å². The summed E-state index contributed by atoms with van der Waals surface area (Å²) in [6.07, 6.45) is 0.163. The van der Waals surface area contributed by atoms with Gasteiger partial charge in [-0.25, -0.2) is 9.20 Å². The first-order valence-electron chi connectivity index (χ1n) is 1.88. The molecule has 1 aliphatic heterocycles. The smallest absolute Gasteiger partial charge is 0.253 e. The van der Waals surface area contributed by atoms with Crippen molar-refractivity contribution in [2.75, 3.05) is 0 Å². The van der Waals surface area contributed by atoms with Gasteiger partial charge in [0.15, 0.2) is 10.0 Å². The molecule has 0 saturated carbocycles. The number of halogens is 1. The second-order valence-electron chi connectivity index (χ2n) is 1.30. The monoisotopic (exact) mass is 151 g/mol. The van der Waals surface area contributed by atoms with Crippen molar-refractivity contribution in [3.05, 3.63) is 0 Å². The third-order valence-corrected chi connectivity index (χ3v) is 1.88. The van der Waals surface area contributed by atoms with Crippen molar-refractivity contribution in [3.63, 3.8) is 0 Å². The Hall–Kier alpha value is -0.220. The van der Waals surface area contributed by atoms with E-state index in [4.69, 9.17) is 10.7 Å². The van der Waals surface area contributed by atoms with Gasteiger partial charge in [0.1, 0.15) is 5.04 Å². The van der Waals surface area contributed by atoms with Gasteiger partial charge in [-0.1, -0.05) is 0 Å². The zero-order valence-electron chi connectivity index (χ0n) is 3.76. The first-order valence-corrected chi connectivity index (χ1v) is 3.86. The Bertz CT molecular complexity index is 188. The number of nitrogens with zero attached hydrogens (tertiary/aromatic N) is 1. The summed E-state index contributed by atoms with van der Waals surface area (Å²) < 4.78 is 10.2. The fourth-order valence-electron chi connectivity index (χ4n) is 0.349. The molecule has 1 amide bonds. The molecule has 1 rings (SSSR count). The van der Waals surface area contributed by atoms with E-state index in [0.717, 1.165) is 0 Å². The summed E-state index contributed by atoms with van der Waals surface area (Å²) in [4.78, 5) is 13.3. The lowest BCUT2D eigenvalue weighted by Gasteiger charge is -2.04. The topological polar surface area (TPSA) is 46.5 Å². The van der Waals surface area contributed by atoms with Gasteiger partial charge in [0.05, 0.1) is 6.42 Å². The van der Waals surface area contributed by atoms with Crippen molar-refractivity contribution in [2.24, 2.45) is 4.99 Å². The molecule has 8 heavy (non-hydrogen) atoms. The van der Waals surface area contributed by atoms with Crippen LogP contribution in [0.4, 0.5) is 0 Å². The molecule has 0 fully saturated rings. The van der Waals surface area contributed by atoms with Crippen LogP contribution in [0.2, 0.25) is 0 Å². The van der Waals surface area contributed by atoms with E-state index in [2.05, 4.69) is 4.99 Å². The minimum atomic E-state index is -1.54. The Morgan fingerprint density at radius 2 is 2.25 bits per heavy atom. The molecule has 5 heteroatoms. The molecule has 1 atom stereocenters. The molecule has 3 nitrogen and oxygen atoms in total. The molecule has 0 bridgehead atoms. The predicted molar refractivity (Wildman–Crippen MR) is 31.1 cm³/mol. The molecular formula is C3H2ClNO2S. The van der Waals surface area contributed by atoms with Crippen LogP contribution in [0.1, 0.15) is 6.42 Å². The maximum Gasteiger partial charge on any atom is 0.253 e. The molecule has 1 heterocycles. The van der Waals surface area contributed by atoms with Gasteiger partial charge >= 0.3 is 0 Å². The van der Waals surface area contributed by atoms with E-state index in [0.29, 0.717) is 0 Å². The number of hydrogen-bond donors (Lipinski definition) is 0. The van der Waals surface area contributed by atoms with Crippen LogP contribution < -0.4 is 0 Å². The highest BCUT2D eigenvalue weighted by atomic mass is 35.7. The quantitative estimate of drug-likeness (QED) is 0.465. The molecule has 0 saturated heterocycles. The summed E-state index contributed by atoms with van der Waals surface area (Å²) in [5.41, 5.74) is 0. The first kappa shape index (κ1) is 5.91. The maximum atomic E-state index is 10.2. The van der Waals surface area contributed by atoms with Crippen molar-refractivity contribution in [1.29, 1.82) is 0 Å². The Morgan fingerprint density at radius 3 is 2.38 bits per heavy atom. The van der Waals surface area contributed by atoms with Gasteiger partial charge in [0.2, 0.25) is 0 Å². The molecule has 0 aromatic carbocycles. The molecular weight excluding hydrogens is 150 g/mol. The lowest BCUT2D eigenvalue weighted by Crippen LogP contribution is -2.19. The second kappa shape index (κ2) is 1.95. The minimum Gasteiger partial charge on any atom is -0.272 e. The Morgan fingerprint density at radius 1 is 1.75 bits per heavy atom. The van der Waals surface area contributed by atoms with Crippen LogP contribution in [0.15, 0.2) is 4.99 Å². The summed E-state index contributed by atoms with van der Waals surface area (Å²) in [7, 11) is 3.49. The average Bonchev–Trinajstić information content (AvgIpc) is 1.57. The first-order chi connectivity index (χ1) is 3.70. The molecule has 0 aliphatic carbocycles. The van der Waals surface area contributed by atoms with E-state index < -0.39 is 10.0 Å². The fourth-order valence-corrected chi connectivity index (χ4v) is 1.03. The summed E-state index contributed by atoms with van der Waals surface area (Å²) in [5, 5.41) is 0.289. The molecule has 1 unspecified atom stereocenters. The van der Waals surface area contributed by atoms with Crippen LogP contribution in [0, 0.1) is 0 Å². The van der Waals surface area contributed by atoms with Gasteiger partial charge in [0.25, 0.3) is 5.91 Å². The Labute approximate surface area is 52.7 Å². The van der Waals surface area contributed by atoms with Gasteiger partial charge < -0.3 is 0 Å². The number of carbonyl (C=O) groups is 1. The second-order valence-corrected chi connectivity index (χ2v) is 3.06. The lowest BCUT2D eigenvalue weighted by atomic mass is 10.3. The van der Waals surface area contributed by atoms with E-state index >= 15 is 0 Å². The van der Waals surface area contributed by atoms with Gasteiger partial charge in [-0.05, 0) is 10.7 Å². The molecule has 1 aliphatic rings. The normalized spacial score (nSPS) is 21.6. The van der Waals surface area contributed by atoms with Crippen molar-refractivity contribution >= 4 is 31.6 Å². The molecule has 44 valence electrons. The maximum absolute atomic E-state index is 10.2. The largest absolute Gasteiger partial charge is 0.272 e. The van der Waals surface area contributed by atoms with E-state index in [9.17, 15) is 9.00 Å². The number of amides is 1. The molecule has 0 aromatic heterocycles. The molecule has 0 N–H and O–H groups in total. The number of rotatable bonds is 0. The van der Waals surface area contributed by atoms with Gasteiger partial charge in [0, 0.05) is 0 Å². The predicted octanol–water partition coefficient (Wildman–Crippen LogP) is 0.218. The third kappa shape index (κ3) is 0.952. The van der Waals surface area contributed by atoms with Crippen LogP contribution in [0.3, 0.4) is 0 Å². The number of aliphatic imine (C=N–C) groups is 1. The number of carbonyl (C=O) groups excluding carboxylic acids is 1.